The number of hydrogen-bond donors (Lipinski definition) is 1. The zero-order chi connectivity index (χ0) is 23.9. The molecule has 1 atom stereocenters. The standard InChI is InChI=1S/C28H30N4O2S/c33-28(25-17-27(21-7-3-12-29-18-21)31-26-11-2-1-10-24(25)26)30-13-6-14-32(19-22-8-4-15-34-22)20-23-9-5-16-35-23/h1-3,5,7,9-12,16-18,22H,4,6,8,13-15,19-20H2,(H,30,33). The van der Waals surface area contributed by atoms with Crippen molar-refractivity contribution in [2.75, 3.05) is 26.2 Å². The van der Waals surface area contributed by atoms with Gasteiger partial charge in [0, 0.05) is 61.0 Å². The van der Waals surface area contributed by atoms with Gasteiger partial charge in [-0.25, -0.2) is 4.98 Å². The predicted molar refractivity (Wildman–Crippen MR) is 140 cm³/mol. The minimum absolute atomic E-state index is 0.0716. The molecule has 0 radical (unpaired) electrons. The Morgan fingerprint density at radius 3 is 2.91 bits per heavy atom. The first-order chi connectivity index (χ1) is 17.3. The topological polar surface area (TPSA) is 67.4 Å². The van der Waals surface area contributed by atoms with Gasteiger partial charge in [-0.05, 0) is 55.0 Å². The fourth-order valence-electron chi connectivity index (χ4n) is 4.56. The average Bonchev–Trinajstić information content (AvgIpc) is 3.61. The average molecular weight is 487 g/mol. The molecule has 0 aliphatic carbocycles. The van der Waals surface area contributed by atoms with Crippen molar-refractivity contribution in [3.63, 3.8) is 0 Å². The Bertz CT molecular complexity index is 1240. The van der Waals surface area contributed by atoms with Gasteiger partial charge in [-0.15, -0.1) is 11.3 Å². The van der Waals surface area contributed by atoms with E-state index in [9.17, 15) is 4.79 Å². The number of nitrogens with one attached hydrogen (secondary N) is 1. The lowest BCUT2D eigenvalue weighted by Crippen LogP contribution is -2.34. The number of carbonyl (C=O) groups excluding carboxylic acids is 1. The smallest absolute Gasteiger partial charge is 0.252 e. The van der Waals surface area contributed by atoms with Crippen LogP contribution >= 0.6 is 11.3 Å². The van der Waals surface area contributed by atoms with Crippen molar-refractivity contribution in [1.82, 2.24) is 20.2 Å². The van der Waals surface area contributed by atoms with E-state index in [2.05, 4.69) is 32.7 Å². The van der Waals surface area contributed by atoms with E-state index in [0.29, 0.717) is 18.2 Å². The largest absolute Gasteiger partial charge is 0.377 e. The molecule has 1 unspecified atom stereocenters. The normalized spacial score (nSPS) is 15.6. The van der Waals surface area contributed by atoms with E-state index in [1.54, 1.807) is 23.7 Å². The van der Waals surface area contributed by atoms with Crippen LogP contribution in [0.4, 0.5) is 0 Å². The van der Waals surface area contributed by atoms with E-state index in [1.807, 2.05) is 42.5 Å². The molecular formula is C28H30N4O2S. The molecule has 3 aromatic heterocycles. The summed E-state index contributed by atoms with van der Waals surface area (Å²) in [6.07, 6.45) is 6.98. The summed E-state index contributed by atoms with van der Waals surface area (Å²) < 4.78 is 5.88. The summed E-state index contributed by atoms with van der Waals surface area (Å²) in [4.78, 5) is 26.0. The van der Waals surface area contributed by atoms with Crippen LogP contribution in [0.15, 0.2) is 72.4 Å². The van der Waals surface area contributed by atoms with Gasteiger partial charge in [0.05, 0.1) is 22.9 Å². The van der Waals surface area contributed by atoms with E-state index >= 15 is 0 Å². The third-order valence-corrected chi connectivity index (χ3v) is 7.16. The van der Waals surface area contributed by atoms with Crippen molar-refractivity contribution in [1.29, 1.82) is 0 Å². The number of para-hydroxylation sites is 1. The van der Waals surface area contributed by atoms with Gasteiger partial charge in [-0.2, -0.15) is 0 Å². The zero-order valence-electron chi connectivity index (χ0n) is 19.7. The Morgan fingerprint density at radius 1 is 1.17 bits per heavy atom. The third kappa shape index (κ3) is 6.11. The van der Waals surface area contributed by atoms with Gasteiger partial charge in [-0.3, -0.25) is 14.7 Å². The molecule has 4 aromatic rings. The van der Waals surface area contributed by atoms with Crippen molar-refractivity contribution in [2.45, 2.75) is 31.9 Å². The maximum absolute atomic E-state index is 13.2. The highest BCUT2D eigenvalue weighted by atomic mass is 32.1. The minimum atomic E-state index is -0.0716. The van der Waals surface area contributed by atoms with Crippen LogP contribution in [0.5, 0.6) is 0 Å². The molecule has 0 bridgehead atoms. The van der Waals surface area contributed by atoms with Crippen LogP contribution in [0.25, 0.3) is 22.2 Å². The minimum Gasteiger partial charge on any atom is -0.377 e. The number of fused-ring (bicyclic) bond motifs is 1. The lowest BCUT2D eigenvalue weighted by molar-refractivity contribution is 0.0702. The highest BCUT2D eigenvalue weighted by molar-refractivity contribution is 7.09. The lowest BCUT2D eigenvalue weighted by atomic mass is 10.0. The van der Waals surface area contributed by atoms with Gasteiger partial charge >= 0.3 is 0 Å². The summed E-state index contributed by atoms with van der Waals surface area (Å²) in [6, 6.07) is 17.8. The second-order valence-electron chi connectivity index (χ2n) is 8.87. The third-order valence-electron chi connectivity index (χ3n) is 6.30. The molecule has 4 heterocycles. The highest BCUT2D eigenvalue weighted by Crippen LogP contribution is 2.24. The summed E-state index contributed by atoms with van der Waals surface area (Å²) >= 11 is 1.79. The first-order valence-electron chi connectivity index (χ1n) is 12.2. The van der Waals surface area contributed by atoms with Crippen LogP contribution in [0.2, 0.25) is 0 Å². The molecule has 6 nitrogen and oxygen atoms in total. The fourth-order valence-corrected chi connectivity index (χ4v) is 5.31. The van der Waals surface area contributed by atoms with Crippen molar-refractivity contribution in [3.8, 4) is 11.3 Å². The quantitative estimate of drug-likeness (QED) is 0.314. The van der Waals surface area contributed by atoms with Crippen LogP contribution in [0.3, 0.4) is 0 Å². The molecule has 0 spiro atoms. The maximum atomic E-state index is 13.2. The first kappa shape index (κ1) is 23.6. The SMILES string of the molecule is O=C(NCCCN(Cc1cccs1)CC1CCCO1)c1cc(-c2cccnc2)nc2ccccc12. The van der Waals surface area contributed by atoms with E-state index in [-0.39, 0.29) is 5.91 Å². The van der Waals surface area contributed by atoms with E-state index in [1.165, 1.54) is 4.88 Å². The lowest BCUT2D eigenvalue weighted by Gasteiger charge is -2.24. The monoisotopic (exact) mass is 486 g/mol. The van der Waals surface area contributed by atoms with Crippen LogP contribution < -0.4 is 5.32 Å². The number of nitrogens with zero attached hydrogens (tertiary/aromatic N) is 3. The molecule has 35 heavy (non-hydrogen) atoms. The molecule has 1 aromatic carbocycles. The number of pyridine rings is 2. The Balaban J connectivity index is 1.24. The Morgan fingerprint density at radius 2 is 2.11 bits per heavy atom. The molecule has 0 saturated carbocycles. The molecule has 1 amide bonds. The summed E-state index contributed by atoms with van der Waals surface area (Å²) in [5, 5.41) is 6.12. The van der Waals surface area contributed by atoms with E-state index in [4.69, 9.17) is 9.72 Å². The second-order valence-corrected chi connectivity index (χ2v) is 9.91. The van der Waals surface area contributed by atoms with Gasteiger partial charge in [0.2, 0.25) is 0 Å². The van der Waals surface area contributed by atoms with Gasteiger partial charge < -0.3 is 10.1 Å². The van der Waals surface area contributed by atoms with Gasteiger partial charge in [0.1, 0.15) is 0 Å². The Kier molecular flexibility index (Phi) is 7.78. The van der Waals surface area contributed by atoms with Crippen LogP contribution in [-0.4, -0.2) is 53.1 Å². The maximum Gasteiger partial charge on any atom is 0.252 e. The van der Waals surface area contributed by atoms with Crippen molar-refractivity contribution < 1.29 is 9.53 Å². The molecule has 1 N–H and O–H groups in total. The van der Waals surface area contributed by atoms with Gasteiger partial charge in [0.15, 0.2) is 0 Å². The summed E-state index contributed by atoms with van der Waals surface area (Å²) in [5.41, 5.74) is 3.09. The van der Waals surface area contributed by atoms with Crippen LogP contribution in [0.1, 0.15) is 34.5 Å². The van der Waals surface area contributed by atoms with Gasteiger partial charge in [-0.1, -0.05) is 24.3 Å². The molecule has 1 aliphatic rings. The van der Waals surface area contributed by atoms with Crippen LogP contribution in [-0.2, 0) is 11.3 Å². The van der Waals surface area contributed by atoms with Crippen molar-refractivity contribution in [2.24, 2.45) is 0 Å². The predicted octanol–water partition coefficient (Wildman–Crippen LogP) is 5.16. The van der Waals surface area contributed by atoms with E-state index < -0.39 is 0 Å². The number of benzene rings is 1. The number of amides is 1. The number of rotatable bonds is 10. The number of ether oxygens (including phenoxy) is 1. The molecule has 1 saturated heterocycles. The second kappa shape index (κ2) is 11.5. The fraction of sp³-hybridized carbons (Fsp3) is 0.321. The van der Waals surface area contributed by atoms with Crippen LogP contribution in [0, 0.1) is 0 Å². The summed E-state index contributed by atoms with van der Waals surface area (Å²) in [7, 11) is 0. The molecule has 1 fully saturated rings. The van der Waals surface area contributed by atoms with E-state index in [0.717, 1.165) is 67.7 Å². The number of aromatic nitrogens is 2. The highest BCUT2D eigenvalue weighted by Gasteiger charge is 2.20. The Labute approximate surface area is 210 Å². The molecular weight excluding hydrogens is 456 g/mol. The van der Waals surface area contributed by atoms with Crippen molar-refractivity contribution in [3.05, 3.63) is 82.8 Å². The zero-order valence-corrected chi connectivity index (χ0v) is 20.5. The Hall–Kier alpha value is -3.13. The molecule has 1 aliphatic heterocycles. The molecule has 5 rings (SSSR count). The molecule has 7 heteroatoms. The number of thiophene rings is 1. The molecule has 180 valence electrons. The summed E-state index contributed by atoms with van der Waals surface area (Å²) in [5.74, 6) is -0.0716. The van der Waals surface area contributed by atoms with Crippen molar-refractivity contribution >= 4 is 28.1 Å². The first-order valence-corrected chi connectivity index (χ1v) is 13.1. The summed E-state index contributed by atoms with van der Waals surface area (Å²) in [6.45, 7) is 4.26. The number of hydrogen-bond acceptors (Lipinski definition) is 6. The number of carbonyl (C=O) groups is 1. The van der Waals surface area contributed by atoms with Gasteiger partial charge in [0.25, 0.3) is 5.91 Å².